The van der Waals surface area contributed by atoms with E-state index in [-0.39, 0.29) is 12.1 Å². The van der Waals surface area contributed by atoms with E-state index in [1.165, 1.54) is 6.92 Å². The molecular formula is C16H19F4NO. The van der Waals surface area contributed by atoms with Gasteiger partial charge in [-0.3, -0.25) is 9.69 Å². The van der Waals surface area contributed by atoms with Crippen LogP contribution in [0.4, 0.5) is 17.6 Å². The molecule has 1 heterocycles. The fourth-order valence-electron chi connectivity index (χ4n) is 2.72. The van der Waals surface area contributed by atoms with E-state index in [0.29, 0.717) is 0 Å². The van der Waals surface area contributed by atoms with Gasteiger partial charge in [0.15, 0.2) is 5.67 Å². The highest BCUT2D eigenvalue weighted by Crippen LogP contribution is 2.30. The molecular weight excluding hydrogens is 298 g/mol. The Bertz CT molecular complexity index is 516. The van der Waals surface area contributed by atoms with Gasteiger partial charge in [0, 0.05) is 12.1 Å². The number of carbonyl (C=O) groups is 1. The number of benzene rings is 1. The fraction of sp³-hybridized carbons (Fsp3) is 0.562. The molecule has 1 aliphatic heterocycles. The van der Waals surface area contributed by atoms with Crippen LogP contribution in [0.3, 0.4) is 0 Å². The second kappa shape index (κ2) is 6.36. The van der Waals surface area contributed by atoms with Gasteiger partial charge in [-0.05, 0) is 45.0 Å². The monoisotopic (exact) mass is 317 g/mol. The SMILES string of the molecule is CC(F)(CN1CCCCC1)C(=O)c1ccc(C(F)(F)F)cc1. The third kappa shape index (κ3) is 4.06. The molecule has 1 saturated heterocycles. The maximum absolute atomic E-state index is 14.7. The summed E-state index contributed by atoms with van der Waals surface area (Å²) in [5, 5.41) is 0. The Labute approximate surface area is 127 Å². The van der Waals surface area contributed by atoms with Crippen molar-refractivity contribution >= 4 is 5.78 Å². The van der Waals surface area contributed by atoms with Crippen LogP contribution in [-0.2, 0) is 6.18 Å². The Morgan fingerprint density at radius 1 is 1.05 bits per heavy atom. The van der Waals surface area contributed by atoms with Crippen molar-refractivity contribution in [2.75, 3.05) is 19.6 Å². The number of alkyl halides is 4. The van der Waals surface area contributed by atoms with Gasteiger partial charge >= 0.3 is 6.18 Å². The molecule has 1 unspecified atom stereocenters. The molecule has 0 bridgehead atoms. The highest BCUT2D eigenvalue weighted by Gasteiger charge is 2.37. The molecule has 0 aromatic heterocycles. The first-order chi connectivity index (χ1) is 10.2. The van der Waals surface area contributed by atoms with Crippen molar-refractivity contribution in [2.45, 2.75) is 38.0 Å². The van der Waals surface area contributed by atoms with Crippen LogP contribution >= 0.6 is 0 Å². The lowest BCUT2D eigenvalue weighted by Gasteiger charge is -2.31. The summed E-state index contributed by atoms with van der Waals surface area (Å²) >= 11 is 0. The average Bonchev–Trinajstić information content (AvgIpc) is 2.46. The second-order valence-electron chi connectivity index (χ2n) is 5.94. The number of carbonyl (C=O) groups excluding carboxylic acids is 1. The van der Waals surface area contributed by atoms with Gasteiger partial charge in [-0.1, -0.05) is 18.6 Å². The minimum Gasteiger partial charge on any atom is -0.300 e. The topological polar surface area (TPSA) is 20.3 Å². The number of piperidine rings is 1. The van der Waals surface area contributed by atoms with Gasteiger partial charge in [0.25, 0.3) is 0 Å². The molecule has 0 N–H and O–H groups in total. The predicted molar refractivity (Wildman–Crippen MR) is 75.6 cm³/mol. The standard InChI is InChI=1S/C16H19F4NO/c1-15(17,11-21-9-3-2-4-10-21)14(22)12-5-7-13(8-6-12)16(18,19)20/h5-8H,2-4,9-11H2,1H3. The summed E-state index contributed by atoms with van der Waals surface area (Å²) in [4.78, 5) is 14.1. The van der Waals surface area contributed by atoms with Gasteiger partial charge in [-0.2, -0.15) is 13.2 Å². The first kappa shape index (κ1) is 16.9. The second-order valence-corrected chi connectivity index (χ2v) is 5.94. The van der Waals surface area contributed by atoms with Crippen molar-refractivity contribution < 1.29 is 22.4 Å². The van der Waals surface area contributed by atoms with Crippen LogP contribution < -0.4 is 0 Å². The molecule has 1 fully saturated rings. The van der Waals surface area contributed by atoms with Crippen LogP contribution in [0.5, 0.6) is 0 Å². The number of ketones is 1. The van der Waals surface area contributed by atoms with Crippen LogP contribution in [0.15, 0.2) is 24.3 Å². The number of nitrogens with zero attached hydrogens (tertiary/aromatic N) is 1. The molecule has 122 valence electrons. The molecule has 6 heteroatoms. The summed E-state index contributed by atoms with van der Waals surface area (Å²) in [7, 11) is 0. The van der Waals surface area contributed by atoms with E-state index in [9.17, 15) is 22.4 Å². The van der Waals surface area contributed by atoms with Gasteiger partial charge in [-0.15, -0.1) is 0 Å². The fourth-order valence-corrected chi connectivity index (χ4v) is 2.72. The molecule has 0 amide bonds. The van der Waals surface area contributed by atoms with E-state index in [1.54, 1.807) is 0 Å². The Morgan fingerprint density at radius 3 is 2.09 bits per heavy atom. The van der Waals surface area contributed by atoms with Gasteiger partial charge < -0.3 is 0 Å². The first-order valence-corrected chi connectivity index (χ1v) is 7.33. The summed E-state index contributed by atoms with van der Waals surface area (Å²) in [5.74, 6) is -0.771. The summed E-state index contributed by atoms with van der Waals surface area (Å²) < 4.78 is 52.2. The summed E-state index contributed by atoms with van der Waals surface area (Å²) in [6.07, 6.45) is -1.41. The molecule has 1 aromatic rings. The van der Waals surface area contributed by atoms with Gasteiger partial charge in [-0.25, -0.2) is 4.39 Å². The van der Waals surface area contributed by atoms with E-state index < -0.39 is 23.2 Å². The zero-order chi connectivity index (χ0) is 16.4. The van der Waals surface area contributed by atoms with E-state index in [4.69, 9.17) is 0 Å². The Balaban J connectivity index is 2.08. The van der Waals surface area contributed by atoms with Crippen LogP contribution in [0.1, 0.15) is 42.1 Å². The molecule has 0 saturated carbocycles. The number of hydrogen-bond acceptors (Lipinski definition) is 2. The van der Waals surface area contributed by atoms with Crippen LogP contribution in [0.2, 0.25) is 0 Å². The Kier molecular flexibility index (Phi) is 4.90. The van der Waals surface area contributed by atoms with Crippen LogP contribution in [-0.4, -0.2) is 36.0 Å². The van der Waals surface area contributed by atoms with Crippen molar-refractivity contribution in [2.24, 2.45) is 0 Å². The molecule has 1 aliphatic rings. The molecule has 0 radical (unpaired) electrons. The minimum atomic E-state index is -4.46. The molecule has 2 nitrogen and oxygen atoms in total. The smallest absolute Gasteiger partial charge is 0.300 e. The van der Waals surface area contributed by atoms with E-state index in [2.05, 4.69) is 0 Å². The molecule has 2 rings (SSSR count). The van der Waals surface area contributed by atoms with Crippen molar-refractivity contribution in [1.29, 1.82) is 0 Å². The number of Topliss-reactive ketones (excluding diaryl/α,β-unsaturated/α-hetero) is 1. The average molecular weight is 317 g/mol. The molecule has 0 aliphatic carbocycles. The number of likely N-dealkylation sites (tertiary alicyclic amines) is 1. The predicted octanol–water partition coefficient (Wildman–Crippen LogP) is 4.10. The Hall–Kier alpha value is -1.43. The van der Waals surface area contributed by atoms with E-state index in [1.807, 2.05) is 4.90 Å². The quantitative estimate of drug-likeness (QED) is 0.615. The first-order valence-electron chi connectivity index (χ1n) is 7.33. The van der Waals surface area contributed by atoms with Crippen molar-refractivity contribution in [3.05, 3.63) is 35.4 Å². The lowest BCUT2D eigenvalue weighted by molar-refractivity contribution is -0.137. The number of rotatable bonds is 4. The van der Waals surface area contributed by atoms with Crippen LogP contribution in [0.25, 0.3) is 0 Å². The lowest BCUT2D eigenvalue weighted by atomic mass is 9.94. The minimum absolute atomic E-state index is 0.0210. The normalized spacial score (nSPS) is 19.7. The van der Waals surface area contributed by atoms with Crippen molar-refractivity contribution in [1.82, 2.24) is 4.90 Å². The summed E-state index contributed by atoms with van der Waals surface area (Å²) in [5.41, 5.74) is -2.98. The van der Waals surface area contributed by atoms with E-state index in [0.717, 1.165) is 56.6 Å². The van der Waals surface area contributed by atoms with Gasteiger partial charge in [0.05, 0.1) is 5.56 Å². The largest absolute Gasteiger partial charge is 0.416 e. The van der Waals surface area contributed by atoms with Gasteiger partial charge in [0.2, 0.25) is 5.78 Å². The summed E-state index contributed by atoms with van der Waals surface area (Å²) in [6, 6.07) is 3.70. The maximum atomic E-state index is 14.7. The highest BCUT2D eigenvalue weighted by atomic mass is 19.4. The Morgan fingerprint density at radius 2 is 1.59 bits per heavy atom. The van der Waals surface area contributed by atoms with E-state index >= 15 is 0 Å². The molecule has 1 atom stereocenters. The summed E-state index contributed by atoms with van der Waals surface area (Å²) in [6.45, 7) is 2.67. The highest BCUT2D eigenvalue weighted by molar-refractivity contribution is 6.02. The third-order valence-corrected chi connectivity index (χ3v) is 3.92. The maximum Gasteiger partial charge on any atom is 0.416 e. The molecule has 1 aromatic carbocycles. The van der Waals surface area contributed by atoms with Crippen molar-refractivity contribution in [3.63, 3.8) is 0 Å². The third-order valence-electron chi connectivity index (χ3n) is 3.92. The van der Waals surface area contributed by atoms with Crippen LogP contribution in [0, 0.1) is 0 Å². The number of hydrogen-bond donors (Lipinski definition) is 0. The molecule has 22 heavy (non-hydrogen) atoms. The lowest BCUT2D eigenvalue weighted by Crippen LogP contribution is -2.45. The van der Waals surface area contributed by atoms with Gasteiger partial charge in [0.1, 0.15) is 0 Å². The zero-order valence-corrected chi connectivity index (χ0v) is 12.4. The zero-order valence-electron chi connectivity index (χ0n) is 12.4. The number of halogens is 4. The molecule has 0 spiro atoms. The van der Waals surface area contributed by atoms with Crippen molar-refractivity contribution in [3.8, 4) is 0 Å².